The predicted octanol–water partition coefficient (Wildman–Crippen LogP) is 1.59. The van der Waals surface area contributed by atoms with Crippen molar-refractivity contribution in [1.82, 2.24) is 0 Å². The molecule has 9 heteroatoms. The third kappa shape index (κ3) is 5.28. The summed E-state index contributed by atoms with van der Waals surface area (Å²) in [6.45, 7) is 4.55. The summed E-state index contributed by atoms with van der Waals surface area (Å²) in [5.41, 5.74) is -0.694. The van der Waals surface area contributed by atoms with Gasteiger partial charge in [-0.05, 0) is 23.6 Å². The van der Waals surface area contributed by atoms with Gasteiger partial charge in [-0.3, -0.25) is 0 Å². The molecule has 0 aromatic heterocycles. The fraction of sp³-hybridized carbons (Fsp3) is 0.214. The lowest BCUT2D eigenvalue weighted by Crippen LogP contribution is -2.13. The number of carbonyl (C=O) groups is 3. The van der Waals surface area contributed by atoms with Crippen LogP contribution in [0.5, 0.6) is 0 Å². The highest BCUT2D eigenvalue weighted by atomic mass is 31.1. The monoisotopic (exact) mass is 341 g/mol. The van der Waals surface area contributed by atoms with Crippen LogP contribution in [0.4, 0.5) is 0 Å². The number of carboxylic acid groups (broad SMARTS) is 2. The molecule has 0 saturated heterocycles. The standard InChI is InChI=1S/C14H13O8P/c1-8(2)14(19)21-5-6-22-23(20)9-3-4-10(12(15)16)11(7-9)13(17)18/h3-4,7H,1,5-6H2,2H3,(H-,15,16,17,18)/p+1. The van der Waals surface area contributed by atoms with Crippen LogP contribution in [-0.4, -0.2) is 41.3 Å². The second kappa shape index (κ2) is 8.17. The largest absolute Gasteiger partial charge is 0.548 e. The van der Waals surface area contributed by atoms with E-state index in [0.29, 0.717) is 0 Å². The van der Waals surface area contributed by atoms with Crippen molar-refractivity contribution in [2.24, 2.45) is 0 Å². The first kappa shape index (κ1) is 18.5. The van der Waals surface area contributed by atoms with E-state index in [1.807, 2.05) is 0 Å². The molecule has 0 fully saturated rings. The maximum absolute atomic E-state index is 11.9. The van der Waals surface area contributed by atoms with Crippen molar-refractivity contribution >= 4 is 31.2 Å². The number of esters is 1. The summed E-state index contributed by atoms with van der Waals surface area (Å²) in [7, 11) is -2.41. The number of benzene rings is 1. The van der Waals surface area contributed by atoms with Gasteiger partial charge in [-0.2, -0.15) is 0 Å². The van der Waals surface area contributed by atoms with E-state index in [9.17, 15) is 18.9 Å². The van der Waals surface area contributed by atoms with E-state index in [0.717, 1.165) is 12.1 Å². The minimum Gasteiger partial charge on any atom is -0.478 e. The van der Waals surface area contributed by atoms with E-state index in [4.69, 9.17) is 19.5 Å². The van der Waals surface area contributed by atoms with Crippen molar-refractivity contribution in [3.05, 3.63) is 41.5 Å². The van der Waals surface area contributed by atoms with Gasteiger partial charge in [0.1, 0.15) is 13.2 Å². The number of carbonyl (C=O) groups excluding carboxylic acids is 1. The van der Waals surface area contributed by atoms with Crippen LogP contribution < -0.4 is 5.30 Å². The Morgan fingerprint density at radius 3 is 2.26 bits per heavy atom. The summed E-state index contributed by atoms with van der Waals surface area (Å²) in [4.78, 5) is 33.1. The van der Waals surface area contributed by atoms with E-state index in [1.165, 1.54) is 13.0 Å². The van der Waals surface area contributed by atoms with Gasteiger partial charge >= 0.3 is 25.9 Å². The van der Waals surface area contributed by atoms with Gasteiger partial charge in [-0.25, -0.2) is 14.4 Å². The maximum atomic E-state index is 11.9. The van der Waals surface area contributed by atoms with Gasteiger partial charge in [0.05, 0.1) is 11.1 Å². The van der Waals surface area contributed by atoms with Crippen LogP contribution >= 0.6 is 8.03 Å². The Hall–Kier alpha value is -2.57. The Kier molecular flexibility index (Phi) is 6.56. The van der Waals surface area contributed by atoms with Crippen molar-refractivity contribution in [3.63, 3.8) is 0 Å². The number of rotatable bonds is 8. The van der Waals surface area contributed by atoms with Crippen LogP contribution in [0.1, 0.15) is 27.6 Å². The smallest absolute Gasteiger partial charge is 0.478 e. The number of aromatic carboxylic acids is 2. The fourth-order valence-electron chi connectivity index (χ4n) is 1.46. The lowest BCUT2D eigenvalue weighted by Gasteiger charge is -2.01. The molecule has 0 spiro atoms. The molecular formula is C14H14O8P+. The Labute approximate surface area is 132 Å². The first-order valence-electron chi connectivity index (χ1n) is 6.27. The molecular weight excluding hydrogens is 327 g/mol. The topological polar surface area (TPSA) is 127 Å². The van der Waals surface area contributed by atoms with E-state index in [1.54, 1.807) is 0 Å². The van der Waals surface area contributed by atoms with E-state index >= 15 is 0 Å². The van der Waals surface area contributed by atoms with Crippen molar-refractivity contribution in [2.75, 3.05) is 13.2 Å². The molecule has 0 aliphatic rings. The van der Waals surface area contributed by atoms with Crippen LogP contribution in [-0.2, 0) is 18.6 Å². The van der Waals surface area contributed by atoms with Crippen LogP contribution in [0, 0.1) is 0 Å². The molecule has 0 aliphatic heterocycles. The molecule has 0 amide bonds. The summed E-state index contributed by atoms with van der Waals surface area (Å²) in [5.74, 6) is -3.47. The summed E-state index contributed by atoms with van der Waals surface area (Å²) in [6.07, 6.45) is 0. The van der Waals surface area contributed by atoms with E-state index in [-0.39, 0.29) is 24.1 Å². The highest BCUT2D eigenvalue weighted by molar-refractivity contribution is 7.48. The van der Waals surface area contributed by atoms with Crippen LogP contribution in [0.2, 0.25) is 0 Å². The van der Waals surface area contributed by atoms with Gasteiger partial charge in [0, 0.05) is 11.6 Å². The van der Waals surface area contributed by atoms with Crippen molar-refractivity contribution < 1.29 is 38.4 Å². The van der Waals surface area contributed by atoms with Gasteiger partial charge in [0.2, 0.25) is 5.30 Å². The second-order valence-corrected chi connectivity index (χ2v) is 5.64. The molecule has 0 saturated carbocycles. The minimum atomic E-state index is -2.41. The summed E-state index contributed by atoms with van der Waals surface area (Å²) in [6, 6.07) is 3.22. The SMILES string of the molecule is C=C(C)C(=O)OCCO[P+](=O)c1ccc(C(=O)O)c(C(=O)O)c1. The normalized spacial score (nSPS) is 10.7. The van der Waals surface area contributed by atoms with Gasteiger partial charge in [-0.15, -0.1) is 4.52 Å². The molecule has 1 atom stereocenters. The minimum absolute atomic E-state index is 0.0219. The molecule has 1 unspecified atom stereocenters. The van der Waals surface area contributed by atoms with Crippen LogP contribution in [0.15, 0.2) is 30.4 Å². The van der Waals surface area contributed by atoms with Crippen molar-refractivity contribution in [3.8, 4) is 0 Å². The quantitative estimate of drug-likeness (QED) is 0.316. The van der Waals surface area contributed by atoms with Crippen LogP contribution in [0.25, 0.3) is 0 Å². The first-order valence-corrected chi connectivity index (χ1v) is 7.45. The zero-order valence-electron chi connectivity index (χ0n) is 12.1. The zero-order chi connectivity index (χ0) is 17.6. The highest BCUT2D eigenvalue weighted by Crippen LogP contribution is 2.23. The Balaban J connectivity index is 2.72. The van der Waals surface area contributed by atoms with E-state index < -0.39 is 37.1 Å². The number of hydrogen-bond donors (Lipinski definition) is 2. The lowest BCUT2D eigenvalue weighted by atomic mass is 10.1. The first-order chi connectivity index (χ1) is 10.7. The fourth-order valence-corrected chi connectivity index (χ4v) is 2.28. The number of carboxylic acids is 2. The Morgan fingerprint density at radius 1 is 1.13 bits per heavy atom. The van der Waals surface area contributed by atoms with E-state index in [2.05, 4.69) is 6.58 Å². The van der Waals surface area contributed by atoms with Gasteiger partial charge in [0.15, 0.2) is 0 Å². The Bertz CT molecular complexity index is 679. The second-order valence-electron chi connectivity index (χ2n) is 4.35. The molecule has 2 N–H and O–H groups in total. The highest BCUT2D eigenvalue weighted by Gasteiger charge is 2.27. The molecule has 0 heterocycles. The molecule has 8 nitrogen and oxygen atoms in total. The molecule has 122 valence electrons. The molecule has 1 rings (SSSR count). The molecule has 0 bridgehead atoms. The van der Waals surface area contributed by atoms with Crippen molar-refractivity contribution in [1.29, 1.82) is 0 Å². The van der Waals surface area contributed by atoms with Gasteiger partial charge in [0.25, 0.3) is 0 Å². The zero-order valence-corrected chi connectivity index (χ0v) is 13.0. The van der Waals surface area contributed by atoms with Crippen LogP contribution in [0.3, 0.4) is 0 Å². The number of hydrogen-bond acceptors (Lipinski definition) is 6. The maximum Gasteiger partial charge on any atom is 0.548 e. The summed E-state index contributed by atoms with van der Waals surface area (Å²) < 4.78 is 21.6. The molecule has 0 radical (unpaired) electrons. The number of ether oxygens (including phenoxy) is 1. The molecule has 0 aliphatic carbocycles. The third-order valence-electron chi connectivity index (χ3n) is 2.55. The molecule has 1 aromatic carbocycles. The molecule has 23 heavy (non-hydrogen) atoms. The van der Waals surface area contributed by atoms with Gasteiger partial charge < -0.3 is 14.9 Å². The lowest BCUT2D eigenvalue weighted by molar-refractivity contribution is -0.139. The van der Waals surface area contributed by atoms with Crippen molar-refractivity contribution in [2.45, 2.75) is 6.92 Å². The molecule has 1 aromatic rings. The average Bonchev–Trinajstić information content (AvgIpc) is 2.50. The summed E-state index contributed by atoms with van der Waals surface area (Å²) >= 11 is 0. The predicted molar refractivity (Wildman–Crippen MR) is 79.3 cm³/mol. The average molecular weight is 341 g/mol. The van der Waals surface area contributed by atoms with Gasteiger partial charge in [-0.1, -0.05) is 6.58 Å². The summed E-state index contributed by atoms with van der Waals surface area (Å²) in [5, 5.41) is 17.9. The third-order valence-corrected chi connectivity index (χ3v) is 3.67. The Morgan fingerprint density at radius 2 is 1.74 bits per heavy atom.